The number of alkyl halides is 3. The number of nitrogens with one attached hydrogen (secondary N) is 1. The number of thiophene rings is 1. The summed E-state index contributed by atoms with van der Waals surface area (Å²) in [5.41, 5.74) is -2.00. The number of carbonyl (C=O) groups excluding carboxylic acids is 1. The predicted molar refractivity (Wildman–Crippen MR) is 89.7 cm³/mol. The molecule has 2 aliphatic heterocycles. The van der Waals surface area contributed by atoms with Gasteiger partial charge in [-0.25, -0.2) is 4.99 Å². The number of anilines is 1. The van der Waals surface area contributed by atoms with E-state index in [0.29, 0.717) is 12.2 Å². The maximum Gasteiger partial charge on any atom is 0.442 e. The van der Waals surface area contributed by atoms with Crippen LogP contribution in [0.1, 0.15) is 28.8 Å². The molecule has 1 aromatic rings. The third kappa shape index (κ3) is 2.36. The summed E-state index contributed by atoms with van der Waals surface area (Å²) in [5, 5.41) is 12.0. The normalized spacial score (nSPS) is 25.4. The lowest BCUT2D eigenvalue weighted by Gasteiger charge is -2.29. The number of fused-ring (bicyclic) bond motifs is 2. The summed E-state index contributed by atoms with van der Waals surface area (Å²) in [7, 11) is 0. The number of rotatable bonds is 2. The Hall–Kier alpha value is -1.73. The smallest absolute Gasteiger partial charge is 0.336 e. The fourth-order valence-corrected chi connectivity index (χ4v) is 5.62. The predicted octanol–water partition coefficient (Wildman–Crippen LogP) is 3.11. The zero-order valence-electron chi connectivity index (χ0n) is 12.9. The molecule has 1 aliphatic carbocycles. The lowest BCUT2D eigenvalue weighted by atomic mass is 9.96. The molecule has 0 aromatic carbocycles. The lowest BCUT2D eigenvalue weighted by Crippen LogP contribution is -2.57. The van der Waals surface area contributed by atoms with Crippen LogP contribution in [0, 0.1) is 11.3 Å². The maximum atomic E-state index is 13.9. The Kier molecular flexibility index (Phi) is 3.77. The van der Waals surface area contributed by atoms with Crippen molar-refractivity contribution in [2.24, 2.45) is 4.99 Å². The van der Waals surface area contributed by atoms with E-state index in [4.69, 9.17) is 0 Å². The highest BCUT2D eigenvalue weighted by atomic mass is 32.2. The Labute approximate surface area is 149 Å². The van der Waals surface area contributed by atoms with Crippen LogP contribution in [-0.4, -0.2) is 40.1 Å². The number of aryl methyl sites for hydroxylation is 1. The van der Waals surface area contributed by atoms with Gasteiger partial charge in [-0.15, -0.1) is 11.3 Å². The zero-order chi connectivity index (χ0) is 17.8. The van der Waals surface area contributed by atoms with E-state index in [0.717, 1.165) is 57.7 Å². The van der Waals surface area contributed by atoms with E-state index in [1.54, 1.807) is 0 Å². The molecule has 1 fully saturated rings. The molecule has 0 spiro atoms. The van der Waals surface area contributed by atoms with Gasteiger partial charge in [-0.2, -0.15) is 18.4 Å². The van der Waals surface area contributed by atoms with Crippen molar-refractivity contribution in [2.75, 3.05) is 17.6 Å². The van der Waals surface area contributed by atoms with Gasteiger partial charge in [0.1, 0.15) is 11.1 Å². The molecule has 5 nitrogen and oxygen atoms in total. The Morgan fingerprint density at radius 2 is 2.08 bits per heavy atom. The van der Waals surface area contributed by atoms with Crippen LogP contribution in [0.4, 0.5) is 18.2 Å². The van der Waals surface area contributed by atoms with Gasteiger partial charge in [-0.1, -0.05) is 11.8 Å². The van der Waals surface area contributed by atoms with E-state index in [9.17, 15) is 23.2 Å². The molecule has 25 heavy (non-hydrogen) atoms. The van der Waals surface area contributed by atoms with Gasteiger partial charge in [0.15, 0.2) is 5.17 Å². The van der Waals surface area contributed by atoms with Gasteiger partial charge in [0.05, 0.1) is 5.56 Å². The highest BCUT2D eigenvalue weighted by Gasteiger charge is 2.67. The van der Waals surface area contributed by atoms with Crippen molar-refractivity contribution in [2.45, 2.75) is 37.5 Å². The van der Waals surface area contributed by atoms with Crippen molar-refractivity contribution in [1.29, 1.82) is 5.26 Å². The number of amidine groups is 1. The van der Waals surface area contributed by atoms with Crippen molar-refractivity contribution < 1.29 is 18.0 Å². The fourth-order valence-electron chi connectivity index (χ4n) is 3.34. The lowest BCUT2D eigenvalue weighted by molar-refractivity contribution is -0.184. The summed E-state index contributed by atoms with van der Waals surface area (Å²) in [6.45, 7) is 0.216. The third-order valence-corrected chi connectivity index (χ3v) is 6.75. The van der Waals surface area contributed by atoms with Gasteiger partial charge < -0.3 is 5.32 Å². The van der Waals surface area contributed by atoms with Crippen LogP contribution < -0.4 is 5.32 Å². The van der Waals surface area contributed by atoms with Gasteiger partial charge in [0.2, 0.25) is 0 Å². The van der Waals surface area contributed by atoms with Gasteiger partial charge in [-0.05, 0) is 31.2 Å². The van der Waals surface area contributed by atoms with Gasteiger partial charge in [0.25, 0.3) is 5.91 Å². The first-order valence-electron chi connectivity index (χ1n) is 7.81. The highest BCUT2D eigenvalue weighted by molar-refractivity contribution is 8.14. The molecule has 0 bridgehead atoms. The summed E-state index contributed by atoms with van der Waals surface area (Å²) in [6, 6.07) is 2.01. The summed E-state index contributed by atoms with van der Waals surface area (Å²) in [4.78, 5) is 18.3. The molecular formula is C15H13F3N4OS2. The fraction of sp³-hybridized carbons (Fsp3) is 0.533. The number of halogens is 3. The average Bonchev–Trinajstić information content (AvgIpc) is 3.21. The number of hydrogen-bond acceptors (Lipinski definition) is 6. The monoisotopic (exact) mass is 386 g/mol. The molecular weight excluding hydrogens is 373 g/mol. The molecule has 0 unspecified atom stereocenters. The first-order chi connectivity index (χ1) is 11.9. The van der Waals surface area contributed by atoms with Crippen molar-refractivity contribution in [1.82, 2.24) is 4.90 Å². The van der Waals surface area contributed by atoms with Gasteiger partial charge in [0, 0.05) is 17.2 Å². The standard InChI is InChI=1S/C15H13F3N4OS2/c16-15(17,18)14(12(23)22-5-6-24-13(22)21-14)20-11-9(7-19)8-3-1-2-4-10(8)25-11/h20H,1-6H2/t14-/m0/s1. The second-order valence-electron chi connectivity index (χ2n) is 6.06. The summed E-state index contributed by atoms with van der Waals surface area (Å²) in [6.07, 6.45) is -1.61. The Morgan fingerprint density at radius 1 is 1.32 bits per heavy atom. The molecule has 1 aromatic heterocycles. The number of hydrogen-bond donors (Lipinski definition) is 1. The van der Waals surface area contributed by atoms with Crippen molar-refractivity contribution in [3.8, 4) is 6.07 Å². The number of carbonyl (C=O) groups is 1. The molecule has 0 saturated carbocycles. The molecule has 1 atom stereocenters. The zero-order valence-corrected chi connectivity index (χ0v) is 14.6. The minimum Gasteiger partial charge on any atom is -0.336 e. The molecule has 1 N–H and O–H groups in total. The quantitative estimate of drug-likeness (QED) is 0.848. The number of amides is 1. The van der Waals surface area contributed by atoms with E-state index in [2.05, 4.69) is 10.3 Å². The van der Waals surface area contributed by atoms with Crippen LogP contribution >= 0.6 is 23.1 Å². The molecule has 10 heteroatoms. The number of aliphatic imine (C=N–C) groups is 1. The average molecular weight is 386 g/mol. The van der Waals surface area contributed by atoms with E-state index in [1.807, 2.05) is 6.07 Å². The van der Waals surface area contributed by atoms with Crippen molar-refractivity contribution in [3.63, 3.8) is 0 Å². The second kappa shape index (κ2) is 5.64. The van der Waals surface area contributed by atoms with E-state index >= 15 is 0 Å². The molecule has 0 radical (unpaired) electrons. The first kappa shape index (κ1) is 16.7. The minimum atomic E-state index is -4.90. The van der Waals surface area contributed by atoms with Crippen LogP contribution in [0.25, 0.3) is 0 Å². The third-order valence-electron chi connectivity index (χ3n) is 4.58. The van der Waals surface area contributed by atoms with E-state index in [1.165, 1.54) is 0 Å². The van der Waals surface area contributed by atoms with E-state index < -0.39 is 17.7 Å². The molecule has 1 saturated heterocycles. The largest absolute Gasteiger partial charge is 0.442 e. The topological polar surface area (TPSA) is 68.5 Å². The second-order valence-corrected chi connectivity index (χ2v) is 8.23. The molecule has 3 aliphatic rings. The summed E-state index contributed by atoms with van der Waals surface area (Å²) in [5.74, 6) is -0.579. The number of nitrogens with zero attached hydrogens (tertiary/aromatic N) is 3. The first-order valence-corrected chi connectivity index (χ1v) is 9.62. The molecule has 3 heterocycles. The maximum absolute atomic E-state index is 13.9. The number of nitriles is 1. The highest BCUT2D eigenvalue weighted by Crippen LogP contribution is 2.46. The Balaban J connectivity index is 1.80. The van der Waals surface area contributed by atoms with Gasteiger partial charge >= 0.3 is 11.8 Å². The Bertz CT molecular complexity index is 826. The molecule has 4 rings (SSSR count). The van der Waals surface area contributed by atoms with Crippen LogP contribution in [0.3, 0.4) is 0 Å². The van der Waals surface area contributed by atoms with Crippen molar-refractivity contribution >= 4 is 39.2 Å². The Morgan fingerprint density at radius 3 is 2.76 bits per heavy atom. The van der Waals surface area contributed by atoms with Crippen LogP contribution in [0.15, 0.2) is 4.99 Å². The minimum absolute atomic E-state index is 0.0923. The molecule has 1 amide bonds. The summed E-state index contributed by atoms with van der Waals surface area (Å²) >= 11 is 2.27. The summed E-state index contributed by atoms with van der Waals surface area (Å²) < 4.78 is 41.6. The SMILES string of the molecule is N#Cc1c(N[C@]2(C(F)(F)F)N=C3SCCN3C2=O)sc2c1CCCC2. The van der Waals surface area contributed by atoms with Gasteiger partial charge in [-0.3, -0.25) is 9.69 Å². The van der Waals surface area contributed by atoms with Crippen LogP contribution in [0.5, 0.6) is 0 Å². The number of thioether (sulfide) groups is 1. The van der Waals surface area contributed by atoms with E-state index in [-0.39, 0.29) is 22.3 Å². The van der Waals surface area contributed by atoms with Crippen molar-refractivity contribution in [3.05, 3.63) is 16.0 Å². The van der Waals surface area contributed by atoms with Crippen LogP contribution in [0.2, 0.25) is 0 Å². The van der Waals surface area contributed by atoms with Crippen LogP contribution in [-0.2, 0) is 17.6 Å². The molecule has 132 valence electrons.